The third-order valence-corrected chi connectivity index (χ3v) is 3.10. The van der Waals surface area contributed by atoms with Gasteiger partial charge in [-0.1, -0.05) is 0 Å². The number of aryl methyl sites for hydroxylation is 1. The maximum atomic E-state index is 9.41. The number of aromatic nitrogens is 1. The molecule has 4 heteroatoms. The summed E-state index contributed by atoms with van der Waals surface area (Å²) < 4.78 is 0. The van der Waals surface area contributed by atoms with E-state index in [0.29, 0.717) is 6.54 Å². The lowest BCUT2D eigenvalue weighted by molar-refractivity contribution is 0.217. The Balaban J connectivity index is 2.30. The van der Waals surface area contributed by atoms with Gasteiger partial charge in [0.05, 0.1) is 22.2 Å². The molecule has 0 spiro atoms. The predicted molar refractivity (Wildman–Crippen MR) is 53.7 cm³/mol. The Hall–Kier alpha value is -0.710. The summed E-state index contributed by atoms with van der Waals surface area (Å²) in [6, 6.07) is 0. The van der Waals surface area contributed by atoms with Crippen molar-refractivity contribution in [2.75, 3.05) is 13.1 Å². The Kier molecular flexibility index (Phi) is 2.44. The number of thiazole rings is 1. The monoisotopic (exact) mass is 196 g/mol. The fraction of sp³-hybridized carbons (Fsp3) is 0.444. The van der Waals surface area contributed by atoms with Crippen LogP contribution in [0.15, 0.2) is 11.6 Å². The van der Waals surface area contributed by atoms with E-state index in [4.69, 9.17) is 0 Å². The molecule has 0 saturated heterocycles. The summed E-state index contributed by atoms with van der Waals surface area (Å²) >= 11 is 1.63. The number of β-amino-alcohol motifs (C(OH)–C–C–N with tert-alkyl or cyclic N) is 1. The number of aliphatic hydroxyl groups excluding tert-OH is 1. The second kappa shape index (κ2) is 3.57. The molecular formula is C9H12N2OS. The molecule has 2 rings (SSSR count). The Morgan fingerprint density at radius 3 is 3.15 bits per heavy atom. The average Bonchev–Trinajstić information content (AvgIpc) is 2.51. The van der Waals surface area contributed by atoms with E-state index in [1.807, 2.05) is 18.5 Å². The normalized spacial score (nSPS) is 22.9. The van der Waals surface area contributed by atoms with Gasteiger partial charge in [-0.3, -0.25) is 0 Å². The first-order valence-corrected chi connectivity index (χ1v) is 5.15. The first-order chi connectivity index (χ1) is 6.27. The molecule has 1 aromatic heterocycles. The first-order valence-electron chi connectivity index (χ1n) is 4.27. The van der Waals surface area contributed by atoms with Crippen molar-refractivity contribution in [1.82, 2.24) is 10.3 Å². The Morgan fingerprint density at radius 2 is 2.54 bits per heavy atom. The molecule has 3 nitrogen and oxygen atoms in total. The standard InChI is InChI=1S/C9H12N2OS/c1-6-9(13-5-11-6)7-2-8(12)4-10-3-7/h2,5,8,10,12H,3-4H2,1H3. The molecule has 1 aliphatic rings. The van der Waals surface area contributed by atoms with Crippen LogP contribution < -0.4 is 5.32 Å². The topological polar surface area (TPSA) is 45.2 Å². The highest BCUT2D eigenvalue weighted by Gasteiger charge is 2.14. The fourth-order valence-corrected chi connectivity index (χ4v) is 2.30. The van der Waals surface area contributed by atoms with Crippen molar-refractivity contribution in [1.29, 1.82) is 0 Å². The van der Waals surface area contributed by atoms with Crippen molar-refractivity contribution >= 4 is 16.9 Å². The van der Waals surface area contributed by atoms with Gasteiger partial charge in [-0.25, -0.2) is 4.98 Å². The van der Waals surface area contributed by atoms with Gasteiger partial charge < -0.3 is 10.4 Å². The van der Waals surface area contributed by atoms with Crippen LogP contribution in [0.2, 0.25) is 0 Å². The van der Waals surface area contributed by atoms with Crippen LogP contribution in [0.5, 0.6) is 0 Å². The Morgan fingerprint density at radius 1 is 1.69 bits per heavy atom. The van der Waals surface area contributed by atoms with Gasteiger partial charge in [0.15, 0.2) is 0 Å². The average molecular weight is 196 g/mol. The van der Waals surface area contributed by atoms with Crippen molar-refractivity contribution in [2.45, 2.75) is 13.0 Å². The van der Waals surface area contributed by atoms with Crippen LogP contribution in [0.1, 0.15) is 10.6 Å². The molecule has 2 N–H and O–H groups in total. The molecule has 0 aromatic carbocycles. The summed E-state index contributed by atoms with van der Waals surface area (Å²) in [5, 5.41) is 12.6. The van der Waals surface area contributed by atoms with Crippen LogP contribution in [-0.2, 0) is 0 Å². The zero-order chi connectivity index (χ0) is 9.26. The molecule has 0 radical (unpaired) electrons. The maximum Gasteiger partial charge on any atom is 0.0852 e. The van der Waals surface area contributed by atoms with Gasteiger partial charge in [-0.15, -0.1) is 11.3 Å². The summed E-state index contributed by atoms with van der Waals surface area (Å²) in [5.41, 5.74) is 4.05. The SMILES string of the molecule is Cc1ncsc1C1=CC(O)CNC1. The minimum atomic E-state index is -0.356. The lowest BCUT2D eigenvalue weighted by atomic mass is 10.1. The van der Waals surface area contributed by atoms with E-state index in [0.717, 1.165) is 12.2 Å². The molecule has 1 unspecified atom stereocenters. The van der Waals surface area contributed by atoms with Crippen molar-refractivity contribution in [3.05, 3.63) is 22.2 Å². The van der Waals surface area contributed by atoms with Gasteiger partial charge >= 0.3 is 0 Å². The molecule has 0 saturated carbocycles. The van der Waals surface area contributed by atoms with E-state index in [1.165, 1.54) is 10.5 Å². The minimum absolute atomic E-state index is 0.356. The van der Waals surface area contributed by atoms with Crippen molar-refractivity contribution in [2.24, 2.45) is 0 Å². The van der Waals surface area contributed by atoms with Gasteiger partial charge in [-0.05, 0) is 18.6 Å². The third kappa shape index (κ3) is 1.80. The second-order valence-electron chi connectivity index (χ2n) is 3.16. The minimum Gasteiger partial charge on any atom is -0.388 e. The molecule has 1 aliphatic heterocycles. The Labute approximate surface area is 81.1 Å². The summed E-state index contributed by atoms with van der Waals surface area (Å²) in [6.45, 7) is 3.48. The van der Waals surface area contributed by atoms with Gasteiger partial charge in [0.2, 0.25) is 0 Å². The number of hydrogen-bond donors (Lipinski definition) is 2. The summed E-state index contributed by atoms with van der Waals surface area (Å²) in [4.78, 5) is 5.37. The third-order valence-electron chi connectivity index (χ3n) is 2.10. The first kappa shape index (κ1) is 8.87. The summed E-state index contributed by atoms with van der Waals surface area (Å²) in [6.07, 6.45) is 1.56. The summed E-state index contributed by atoms with van der Waals surface area (Å²) in [7, 11) is 0. The number of nitrogens with zero attached hydrogens (tertiary/aromatic N) is 1. The highest BCUT2D eigenvalue weighted by Crippen LogP contribution is 2.23. The van der Waals surface area contributed by atoms with Gasteiger partial charge in [-0.2, -0.15) is 0 Å². The fourth-order valence-electron chi connectivity index (χ4n) is 1.47. The van der Waals surface area contributed by atoms with Crippen LogP contribution in [-0.4, -0.2) is 29.3 Å². The molecule has 70 valence electrons. The van der Waals surface area contributed by atoms with E-state index >= 15 is 0 Å². The van der Waals surface area contributed by atoms with E-state index in [-0.39, 0.29) is 6.10 Å². The zero-order valence-electron chi connectivity index (χ0n) is 7.45. The van der Waals surface area contributed by atoms with E-state index in [9.17, 15) is 5.11 Å². The van der Waals surface area contributed by atoms with Crippen LogP contribution in [0.25, 0.3) is 5.57 Å². The van der Waals surface area contributed by atoms with Crippen molar-refractivity contribution in [3.63, 3.8) is 0 Å². The van der Waals surface area contributed by atoms with Crippen LogP contribution in [0.4, 0.5) is 0 Å². The van der Waals surface area contributed by atoms with Crippen LogP contribution in [0, 0.1) is 6.92 Å². The number of hydrogen-bond acceptors (Lipinski definition) is 4. The molecular weight excluding hydrogens is 184 g/mol. The number of rotatable bonds is 1. The molecule has 0 fully saturated rings. The molecule has 13 heavy (non-hydrogen) atoms. The van der Waals surface area contributed by atoms with E-state index in [1.54, 1.807) is 11.3 Å². The van der Waals surface area contributed by atoms with Crippen molar-refractivity contribution < 1.29 is 5.11 Å². The van der Waals surface area contributed by atoms with E-state index in [2.05, 4.69) is 10.3 Å². The highest BCUT2D eigenvalue weighted by atomic mass is 32.1. The van der Waals surface area contributed by atoms with E-state index < -0.39 is 0 Å². The highest BCUT2D eigenvalue weighted by molar-refractivity contribution is 7.10. The Bertz CT molecular complexity index is 332. The molecule has 2 heterocycles. The maximum absolute atomic E-state index is 9.41. The second-order valence-corrected chi connectivity index (χ2v) is 4.01. The zero-order valence-corrected chi connectivity index (χ0v) is 8.27. The smallest absolute Gasteiger partial charge is 0.0852 e. The molecule has 1 aromatic rings. The van der Waals surface area contributed by atoms with Crippen molar-refractivity contribution in [3.8, 4) is 0 Å². The largest absolute Gasteiger partial charge is 0.388 e. The lowest BCUT2D eigenvalue weighted by Gasteiger charge is -2.17. The van der Waals surface area contributed by atoms with Gasteiger partial charge in [0, 0.05) is 13.1 Å². The lowest BCUT2D eigenvalue weighted by Crippen LogP contribution is -2.31. The van der Waals surface area contributed by atoms with Crippen LogP contribution in [0.3, 0.4) is 0 Å². The number of aliphatic hydroxyl groups is 1. The molecule has 0 aliphatic carbocycles. The molecule has 0 bridgehead atoms. The number of nitrogens with one attached hydrogen (secondary N) is 1. The molecule has 1 atom stereocenters. The van der Waals surface area contributed by atoms with Crippen LogP contribution >= 0.6 is 11.3 Å². The van der Waals surface area contributed by atoms with Gasteiger partial charge in [0.25, 0.3) is 0 Å². The molecule has 0 amide bonds. The quantitative estimate of drug-likeness (QED) is 0.698. The van der Waals surface area contributed by atoms with Gasteiger partial charge in [0.1, 0.15) is 0 Å². The predicted octanol–water partition coefficient (Wildman–Crippen LogP) is 0.799. The summed E-state index contributed by atoms with van der Waals surface area (Å²) in [5.74, 6) is 0.